The molecular formula is C14H16N6O2. The van der Waals surface area contributed by atoms with E-state index in [1.54, 1.807) is 21.3 Å². The zero-order valence-corrected chi connectivity index (χ0v) is 12.5. The lowest BCUT2D eigenvalue weighted by molar-refractivity contribution is 0.630. The van der Waals surface area contributed by atoms with Gasteiger partial charge in [-0.15, -0.1) is 5.10 Å². The minimum Gasteiger partial charge on any atom is -0.307 e. The minimum atomic E-state index is -0.418. The van der Waals surface area contributed by atoms with Crippen molar-refractivity contribution < 1.29 is 0 Å². The number of benzene rings is 1. The van der Waals surface area contributed by atoms with E-state index in [-0.39, 0.29) is 11.5 Å². The van der Waals surface area contributed by atoms with Gasteiger partial charge in [-0.2, -0.15) is 0 Å². The van der Waals surface area contributed by atoms with Crippen molar-refractivity contribution in [1.29, 1.82) is 0 Å². The average Bonchev–Trinajstić information content (AvgIpc) is 3.03. The minimum absolute atomic E-state index is 0.183. The fraction of sp³-hybridized carbons (Fsp3) is 0.214. The number of H-pyrrole nitrogens is 2. The number of hydrogen-bond donors (Lipinski definition) is 2. The van der Waals surface area contributed by atoms with Crippen LogP contribution in [0.5, 0.6) is 0 Å². The van der Waals surface area contributed by atoms with E-state index in [2.05, 4.69) is 15.2 Å². The molecule has 0 bridgehead atoms. The summed E-state index contributed by atoms with van der Waals surface area (Å²) in [7, 11) is 3.50. The summed E-state index contributed by atoms with van der Waals surface area (Å²) in [5.41, 5.74) is 1.39. The van der Waals surface area contributed by atoms with Gasteiger partial charge in [-0.1, -0.05) is 18.2 Å². The van der Waals surface area contributed by atoms with Crippen LogP contribution in [0.1, 0.15) is 5.69 Å². The Bertz CT molecular complexity index is 915. The third-order valence-electron chi connectivity index (χ3n) is 3.67. The molecule has 8 nitrogen and oxygen atoms in total. The first-order chi connectivity index (χ1) is 10.5. The second-order valence-electron chi connectivity index (χ2n) is 4.97. The second-order valence-corrected chi connectivity index (χ2v) is 4.97. The number of hydrogen-bond acceptors (Lipinski definition) is 4. The highest BCUT2D eigenvalue weighted by Gasteiger charge is 2.21. The van der Waals surface area contributed by atoms with Crippen molar-refractivity contribution in [2.75, 3.05) is 11.9 Å². The molecule has 114 valence electrons. The van der Waals surface area contributed by atoms with Crippen LogP contribution < -0.4 is 16.1 Å². The van der Waals surface area contributed by atoms with Crippen LogP contribution in [0.25, 0.3) is 5.69 Å². The van der Waals surface area contributed by atoms with Crippen LogP contribution in [0.2, 0.25) is 0 Å². The number of nitrogens with zero attached hydrogens (tertiary/aromatic N) is 4. The standard InChI is InChI=1S/C14H16N6O2/c1-9-11(18(2)13-15-14(22)17-16-13)12(21)20(19(9)3)10-7-5-4-6-8-10/h4-8H,1-3H3,(H2,15,16,17,22). The van der Waals surface area contributed by atoms with Crippen LogP contribution in [0.4, 0.5) is 11.6 Å². The first-order valence-corrected chi connectivity index (χ1v) is 6.73. The van der Waals surface area contributed by atoms with E-state index in [1.165, 1.54) is 0 Å². The summed E-state index contributed by atoms with van der Waals surface area (Å²) >= 11 is 0. The molecule has 2 aromatic heterocycles. The van der Waals surface area contributed by atoms with E-state index < -0.39 is 5.69 Å². The predicted octanol–water partition coefficient (Wildman–Crippen LogP) is 0.664. The Balaban J connectivity index is 2.19. The van der Waals surface area contributed by atoms with Crippen molar-refractivity contribution >= 4 is 11.6 Å². The van der Waals surface area contributed by atoms with E-state index in [0.29, 0.717) is 5.69 Å². The number of nitrogens with one attached hydrogen (secondary N) is 2. The zero-order valence-electron chi connectivity index (χ0n) is 12.5. The van der Waals surface area contributed by atoms with Crippen LogP contribution in [0.15, 0.2) is 39.9 Å². The van der Waals surface area contributed by atoms with Gasteiger partial charge in [0.05, 0.1) is 11.4 Å². The summed E-state index contributed by atoms with van der Waals surface area (Å²) in [6, 6.07) is 9.37. The Labute approximate surface area is 125 Å². The Morgan fingerprint density at radius 3 is 2.45 bits per heavy atom. The lowest BCUT2D eigenvalue weighted by atomic mass is 10.3. The summed E-state index contributed by atoms with van der Waals surface area (Å²) in [6.45, 7) is 1.84. The lowest BCUT2D eigenvalue weighted by Gasteiger charge is -2.12. The normalized spacial score (nSPS) is 10.9. The average molecular weight is 300 g/mol. The first kappa shape index (κ1) is 13.9. The number of para-hydroxylation sites is 1. The lowest BCUT2D eigenvalue weighted by Crippen LogP contribution is -2.24. The van der Waals surface area contributed by atoms with Crippen LogP contribution >= 0.6 is 0 Å². The van der Waals surface area contributed by atoms with E-state index in [9.17, 15) is 9.59 Å². The van der Waals surface area contributed by atoms with Gasteiger partial charge in [0.25, 0.3) is 5.56 Å². The summed E-state index contributed by atoms with van der Waals surface area (Å²) in [6.07, 6.45) is 0. The molecule has 0 radical (unpaired) electrons. The number of anilines is 2. The quantitative estimate of drug-likeness (QED) is 0.743. The summed E-state index contributed by atoms with van der Waals surface area (Å²) < 4.78 is 3.35. The first-order valence-electron chi connectivity index (χ1n) is 6.73. The maximum absolute atomic E-state index is 12.8. The highest BCUT2D eigenvalue weighted by atomic mass is 16.1. The van der Waals surface area contributed by atoms with Crippen LogP contribution in [0.3, 0.4) is 0 Å². The Kier molecular flexibility index (Phi) is 3.21. The maximum atomic E-state index is 12.8. The molecule has 0 saturated heterocycles. The summed E-state index contributed by atoms with van der Waals surface area (Å²) in [5, 5.41) is 6.15. The molecule has 0 aliphatic heterocycles. The molecule has 2 N–H and O–H groups in total. The van der Waals surface area contributed by atoms with Crippen molar-refractivity contribution in [2.45, 2.75) is 6.92 Å². The van der Waals surface area contributed by atoms with Gasteiger partial charge >= 0.3 is 5.69 Å². The highest BCUT2D eigenvalue weighted by molar-refractivity contribution is 5.59. The molecule has 0 fully saturated rings. The number of rotatable bonds is 3. The second kappa shape index (κ2) is 5.06. The largest absolute Gasteiger partial charge is 0.342 e. The van der Waals surface area contributed by atoms with Crippen molar-refractivity contribution in [2.24, 2.45) is 7.05 Å². The maximum Gasteiger partial charge on any atom is 0.342 e. The van der Waals surface area contributed by atoms with Gasteiger partial charge in [-0.3, -0.25) is 14.5 Å². The van der Waals surface area contributed by atoms with Crippen molar-refractivity contribution in [3.8, 4) is 5.69 Å². The third-order valence-corrected chi connectivity index (χ3v) is 3.67. The molecule has 0 amide bonds. The fourth-order valence-electron chi connectivity index (χ4n) is 2.47. The number of aromatic nitrogens is 5. The van der Waals surface area contributed by atoms with E-state index >= 15 is 0 Å². The zero-order chi connectivity index (χ0) is 15.9. The van der Waals surface area contributed by atoms with Gasteiger partial charge in [-0.05, 0) is 19.1 Å². The Hall–Kier alpha value is -3.03. The molecule has 0 aliphatic rings. The highest BCUT2D eigenvalue weighted by Crippen LogP contribution is 2.21. The van der Waals surface area contributed by atoms with Gasteiger partial charge in [0, 0.05) is 14.1 Å². The fourth-order valence-corrected chi connectivity index (χ4v) is 2.47. The molecular weight excluding hydrogens is 284 g/mol. The smallest absolute Gasteiger partial charge is 0.307 e. The van der Waals surface area contributed by atoms with Crippen molar-refractivity contribution in [3.63, 3.8) is 0 Å². The topological polar surface area (TPSA) is 91.7 Å². The van der Waals surface area contributed by atoms with Gasteiger partial charge in [0.2, 0.25) is 5.95 Å². The van der Waals surface area contributed by atoms with E-state index in [0.717, 1.165) is 11.4 Å². The third kappa shape index (κ3) is 2.05. The van der Waals surface area contributed by atoms with Crippen LogP contribution in [0, 0.1) is 6.92 Å². The van der Waals surface area contributed by atoms with Gasteiger partial charge in [0.1, 0.15) is 5.69 Å². The summed E-state index contributed by atoms with van der Waals surface area (Å²) in [5.74, 6) is 0.288. The molecule has 1 aromatic carbocycles. The molecule has 8 heteroatoms. The van der Waals surface area contributed by atoms with Crippen molar-refractivity contribution in [1.82, 2.24) is 24.5 Å². The monoisotopic (exact) mass is 300 g/mol. The van der Waals surface area contributed by atoms with Crippen molar-refractivity contribution in [3.05, 3.63) is 56.9 Å². The van der Waals surface area contributed by atoms with Gasteiger partial charge in [-0.25, -0.2) is 14.6 Å². The predicted molar refractivity (Wildman–Crippen MR) is 83.0 cm³/mol. The van der Waals surface area contributed by atoms with Crippen LogP contribution in [-0.4, -0.2) is 31.6 Å². The van der Waals surface area contributed by atoms with Gasteiger partial charge < -0.3 is 4.90 Å². The Morgan fingerprint density at radius 1 is 1.18 bits per heavy atom. The van der Waals surface area contributed by atoms with Gasteiger partial charge in [0.15, 0.2) is 0 Å². The SMILES string of the molecule is Cc1c(N(C)c2n[nH]c(=O)[nH]2)c(=O)n(-c2ccccc2)n1C. The molecule has 0 spiro atoms. The van der Waals surface area contributed by atoms with E-state index in [1.807, 2.05) is 44.3 Å². The molecule has 3 aromatic rings. The number of aromatic amines is 2. The molecule has 22 heavy (non-hydrogen) atoms. The molecule has 0 unspecified atom stereocenters. The molecule has 0 aliphatic carbocycles. The molecule has 3 rings (SSSR count). The van der Waals surface area contributed by atoms with E-state index in [4.69, 9.17) is 0 Å². The molecule has 0 atom stereocenters. The molecule has 0 saturated carbocycles. The Morgan fingerprint density at radius 2 is 1.86 bits per heavy atom. The summed E-state index contributed by atoms with van der Waals surface area (Å²) in [4.78, 5) is 28.1. The molecule has 2 heterocycles. The van der Waals surface area contributed by atoms with Crippen LogP contribution in [-0.2, 0) is 7.05 Å².